The Hall–Kier alpha value is -2.81. The lowest BCUT2D eigenvalue weighted by atomic mass is 10.1. The molecule has 0 aliphatic carbocycles. The van der Waals surface area contributed by atoms with Crippen molar-refractivity contribution in [3.05, 3.63) is 34.9 Å². The van der Waals surface area contributed by atoms with Crippen molar-refractivity contribution in [2.24, 2.45) is 0 Å². The molecule has 0 spiro atoms. The third-order valence-corrected chi connectivity index (χ3v) is 2.26. The molecule has 0 heterocycles. The third-order valence-electron chi connectivity index (χ3n) is 2.26. The Morgan fingerprint density at radius 3 is 2.50 bits per heavy atom. The molecular formula is C14H13NO5. The third kappa shape index (κ3) is 3.85. The van der Waals surface area contributed by atoms with Gasteiger partial charge in [-0.2, -0.15) is 5.26 Å². The van der Waals surface area contributed by atoms with Crippen LogP contribution in [0, 0.1) is 11.3 Å². The van der Waals surface area contributed by atoms with Gasteiger partial charge in [-0.15, -0.1) is 0 Å². The molecule has 2 N–H and O–H groups in total. The summed E-state index contributed by atoms with van der Waals surface area (Å²) in [6.07, 6.45) is 0.772. The first-order valence-electron chi connectivity index (χ1n) is 5.74. The van der Waals surface area contributed by atoms with Gasteiger partial charge in [-0.1, -0.05) is 6.07 Å². The fourth-order valence-electron chi connectivity index (χ4n) is 1.37. The van der Waals surface area contributed by atoms with Crippen LogP contribution >= 0.6 is 0 Å². The number of hydrogen-bond acceptors (Lipinski definition) is 5. The molecule has 0 aliphatic heterocycles. The van der Waals surface area contributed by atoms with Crippen molar-refractivity contribution in [2.45, 2.75) is 20.0 Å². The number of phenols is 1. The van der Waals surface area contributed by atoms with Gasteiger partial charge in [0.25, 0.3) is 0 Å². The molecule has 0 radical (unpaired) electrons. The Morgan fingerprint density at radius 1 is 1.40 bits per heavy atom. The van der Waals surface area contributed by atoms with Crippen molar-refractivity contribution < 1.29 is 24.5 Å². The van der Waals surface area contributed by atoms with Crippen LogP contribution in [0.25, 0.3) is 6.08 Å². The standard InChI is InChI=1S/C14H13NO5/c1-8(2)20-14(19)11(7-15)5-9-3-4-10(13(17)18)6-12(9)16/h3-6,8,16H,1-2H3,(H,17,18). The molecule has 0 atom stereocenters. The SMILES string of the molecule is CC(C)OC(=O)C(C#N)=Cc1ccc(C(=O)O)cc1O. The van der Waals surface area contributed by atoms with Crippen LogP contribution in [0.4, 0.5) is 0 Å². The number of nitriles is 1. The molecule has 0 amide bonds. The Bertz CT molecular complexity index is 610. The molecule has 0 aliphatic rings. The minimum atomic E-state index is -1.18. The number of hydrogen-bond donors (Lipinski definition) is 2. The van der Waals surface area contributed by atoms with E-state index in [9.17, 15) is 14.7 Å². The fraction of sp³-hybridized carbons (Fsp3) is 0.214. The zero-order valence-electron chi connectivity index (χ0n) is 11.0. The van der Waals surface area contributed by atoms with E-state index in [2.05, 4.69) is 0 Å². The molecule has 0 saturated heterocycles. The second-order valence-corrected chi connectivity index (χ2v) is 4.20. The van der Waals surface area contributed by atoms with Crippen LogP contribution in [-0.4, -0.2) is 28.3 Å². The average molecular weight is 275 g/mol. The molecule has 20 heavy (non-hydrogen) atoms. The summed E-state index contributed by atoms with van der Waals surface area (Å²) < 4.78 is 4.87. The Kier molecular flexibility index (Phi) is 4.87. The van der Waals surface area contributed by atoms with Crippen LogP contribution in [0.15, 0.2) is 23.8 Å². The number of carboxylic acids is 1. The van der Waals surface area contributed by atoms with E-state index in [1.165, 1.54) is 12.1 Å². The molecule has 0 fully saturated rings. The summed E-state index contributed by atoms with van der Waals surface area (Å²) in [6.45, 7) is 3.29. The van der Waals surface area contributed by atoms with E-state index in [0.29, 0.717) is 0 Å². The monoisotopic (exact) mass is 275 g/mol. The second-order valence-electron chi connectivity index (χ2n) is 4.20. The van der Waals surface area contributed by atoms with Crippen molar-refractivity contribution in [1.82, 2.24) is 0 Å². The van der Waals surface area contributed by atoms with Crippen LogP contribution in [0.2, 0.25) is 0 Å². The normalized spacial score (nSPS) is 11.0. The maximum atomic E-state index is 11.6. The largest absolute Gasteiger partial charge is 0.507 e. The first kappa shape index (κ1) is 15.2. The van der Waals surface area contributed by atoms with Crippen molar-refractivity contribution in [1.29, 1.82) is 5.26 Å². The van der Waals surface area contributed by atoms with Crippen LogP contribution in [0.5, 0.6) is 5.75 Å². The first-order chi connectivity index (χ1) is 9.35. The van der Waals surface area contributed by atoms with Gasteiger partial charge in [0, 0.05) is 5.56 Å². The summed E-state index contributed by atoms with van der Waals surface area (Å²) in [5.41, 5.74) is -0.216. The highest BCUT2D eigenvalue weighted by molar-refractivity contribution is 5.98. The van der Waals surface area contributed by atoms with E-state index in [4.69, 9.17) is 15.1 Å². The molecule has 0 aromatic heterocycles. The Morgan fingerprint density at radius 2 is 2.05 bits per heavy atom. The lowest BCUT2D eigenvalue weighted by molar-refractivity contribution is -0.142. The van der Waals surface area contributed by atoms with E-state index < -0.39 is 11.9 Å². The minimum absolute atomic E-state index is 0.0945. The van der Waals surface area contributed by atoms with Gasteiger partial charge in [0.2, 0.25) is 0 Å². The van der Waals surface area contributed by atoms with Gasteiger partial charge < -0.3 is 14.9 Å². The molecule has 0 saturated carbocycles. The maximum Gasteiger partial charge on any atom is 0.349 e. The highest BCUT2D eigenvalue weighted by atomic mass is 16.5. The molecule has 1 aromatic rings. The number of phenolic OH excluding ortho intramolecular Hbond substituents is 1. The molecule has 6 nitrogen and oxygen atoms in total. The van der Waals surface area contributed by atoms with Crippen LogP contribution in [-0.2, 0) is 9.53 Å². The van der Waals surface area contributed by atoms with Gasteiger partial charge in [0.15, 0.2) is 0 Å². The van der Waals surface area contributed by atoms with E-state index in [0.717, 1.165) is 12.1 Å². The Balaban J connectivity index is 3.11. The molecule has 0 bridgehead atoms. The number of rotatable bonds is 4. The lowest BCUT2D eigenvalue weighted by Crippen LogP contribution is -2.12. The number of carbonyl (C=O) groups excluding carboxylic acids is 1. The maximum absolute atomic E-state index is 11.6. The summed E-state index contributed by atoms with van der Waals surface area (Å²) in [5.74, 6) is -2.32. The van der Waals surface area contributed by atoms with Crippen molar-refractivity contribution in [3.63, 3.8) is 0 Å². The number of carbonyl (C=O) groups is 2. The predicted molar refractivity (Wildman–Crippen MR) is 69.9 cm³/mol. The summed E-state index contributed by atoms with van der Waals surface area (Å²) in [5, 5.41) is 27.4. The minimum Gasteiger partial charge on any atom is -0.507 e. The summed E-state index contributed by atoms with van der Waals surface area (Å²) >= 11 is 0. The quantitative estimate of drug-likeness (QED) is 0.494. The molecule has 6 heteroatoms. The van der Waals surface area contributed by atoms with Gasteiger partial charge in [-0.25, -0.2) is 9.59 Å². The summed E-state index contributed by atoms with van der Waals surface area (Å²) in [4.78, 5) is 22.3. The molecule has 1 aromatic carbocycles. The number of benzene rings is 1. The topological polar surface area (TPSA) is 108 Å². The van der Waals surface area contributed by atoms with Crippen molar-refractivity contribution in [2.75, 3.05) is 0 Å². The van der Waals surface area contributed by atoms with E-state index in [1.54, 1.807) is 19.9 Å². The van der Waals surface area contributed by atoms with E-state index >= 15 is 0 Å². The molecule has 104 valence electrons. The molecule has 1 rings (SSSR count). The van der Waals surface area contributed by atoms with Gasteiger partial charge in [0.1, 0.15) is 17.4 Å². The van der Waals surface area contributed by atoms with Crippen LogP contribution in [0.3, 0.4) is 0 Å². The Labute approximate surface area is 115 Å². The lowest BCUT2D eigenvalue weighted by Gasteiger charge is -2.07. The van der Waals surface area contributed by atoms with Crippen LogP contribution < -0.4 is 0 Å². The summed E-state index contributed by atoms with van der Waals surface area (Å²) in [7, 11) is 0. The zero-order chi connectivity index (χ0) is 15.3. The average Bonchev–Trinajstić information content (AvgIpc) is 2.36. The van der Waals surface area contributed by atoms with Gasteiger partial charge in [0.05, 0.1) is 11.7 Å². The zero-order valence-corrected chi connectivity index (χ0v) is 11.0. The highest BCUT2D eigenvalue weighted by Gasteiger charge is 2.14. The van der Waals surface area contributed by atoms with Crippen molar-refractivity contribution in [3.8, 4) is 11.8 Å². The number of nitrogens with zero attached hydrogens (tertiary/aromatic N) is 1. The van der Waals surface area contributed by atoms with E-state index in [-0.39, 0.29) is 28.6 Å². The van der Waals surface area contributed by atoms with E-state index in [1.807, 2.05) is 0 Å². The molecular weight excluding hydrogens is 262 g/mol. The van der Waals surface area contributed by atoms with Crippen LogP contribution in [0.1, 0.15) is 29.8 Å². The smallest absolute Gasteiger partial charge is 0.349 e. The first-order valence-corrected chi connectivity index (χ1v) is 5.74. The number of carboxylic acid groups (broad SMARTS) is 1. The number of aromatic hydroxyl groups is 1. The second kappa shape index (κ2) is 6.38. The number of ether oxygens (including phenoxy) is 1. The van der Waals surface area contributed by atoms with Gasteiger partial charge in [-0.3, -0.25) is 0 Å². The van der Waals surface area contributed by atoms with Gasteiger partial charge in [-0.05, 0) is 32.1 Å². The highest BCUT2D eigenvalue weighted by Crippen LogP contribution is 2.22. The number of esters is 1. The number of aromatic carboxylic acids is 1. The summed E-state index contributed by atoms with van der Waals surface area (Å²) in [6, 6.07) is 5.28. The van der Waals surface area contributed by atoms with Gasteiger partial charge >= 0.3 is 11.9 Å². The van der Waals surface area contributed by atoms with Crippen molar-refractivity contribution >= 4 is 18.0 Å². The fourth-order valence-corrected chi connectivity index (χ4v) is 1.37. The predicted octanol–water partition coefficient (Wildman–Crippen LogP) is 1.95. The molecule has 0 unspecified atom stereocenters.